The predicted octanol–water partition coefficient (Wildman–Crippen LogP) is -8.89. The third-order valence-corrected chi connectivity index (χ3v) is 29.2. The Morgan fingerprint density at radius 2 is 0.701 bits per heavy atom. The molecule has 16 atom stereocenters. The molecule has 0 unspecified atom stereocenters. The highest BCUT2D eigenvalue weighted by Gasteiger charge is 2.42. The van der Waals surface area contributed by atoms with E-state index in [1.807, 2.05) is 0 Å². The molecule has 0 saturated carbocycles. The molecular weight excluding hydrogens is 1900 g/mol. The first kappa shape index (κ1) is 116. The van der Waals surface area contributed by atoms with Crippen molar-refractivity contribution in [1.29, 1.82) is 27.0 Å². The SMILES string of the molecule is CC[C@H](C)[C@@H]1NC(=O)[C@@H]2CSSC[C@H](NC(=O)[C@H](CCCNC(=N)N)NC(=O)[C@@H]3CSSC[C@H](NC1=O)C(=O)N(C)CC(=O)N[C@@H](CCCNC(=N)N)C(=O)NCC(=O)N(C)[C@H](Cc1ccccc1)C(=O)N3)C(=O)N(C)[C@@H](C)C(=O)N[C@@H]1CSSC[C@@H](NC(=O)[C@H](C(C)C)NC(=O)CNC(=O)[C@H](CCCNC(=N)N)NC(=O)[C@H](CCCNC(=N)N)NC1=O)C(=O)N[C@@H](CCCNC(=N)N)C(=O)N2. The predicted molar refractivity (Wildman–Crippen MR) is 522 cm³/mol. The number of carbonyl (C=O) groups is 18. The molecule has 137 heavy (non-hydrogen) atoms. The second-order valence-corrected chi connectivity index (χ2v) is 40.6. The van der Waals surface area contributed by atoms with E-state index >= 15 is 52.7 Å². The molecule has 1 aromatic carbocycles. The molecule has 0 radical (unpaired) electrons. The van der Waals surface area contributed by atoms with Gasteiger partial charge in [0.2, 0.25) is 106 Å². The molecule has 4 heterocycles. The van der Waals surface area contributed by atoms with Crippen LogP contribution in [0.1, 0.15) is 111 Å². The van der Waals surface area contributed by atoms with Gasteiger partial charge in [0.05, 0.1) is 19.6 Å². The molecular formula is C80H133N33O18S6. The summed E-state index contributed by atoms with van der Waals surface area (Å²) in [6.45, 7) is 5.12. The highest BCUT2D eigenvalue weighted by molar-refractivity contribution is 8.77. The van der Waals surface area contributed by atoms with Crippen molar-refractivity contribution in [1.82, 2.24) is 121 Å². The largest absolute Gasteiger partial charge is 0.370 e. The van der Waals surface area contributed by atoms with Crippen LogP contribution in [0.4, 0.5) is 0 Å². The number of fused-ring (bicyclic) bond motifs is 15. The van der Waals surface area contributed by atoms with Crippen LogP contribution in [0.25, 0.3) is 0 Å². The lowest BCUT2D eigenvalue weighted by molar-refractivity contribution is -0.142. The number of likely N-dealkylation sites (N-methyl/N-ethyl adjacent to an activating group) is 3. The molecule has 762 valence electrons. The second-order valence-electron chi connectivity index (χ2n) is 33.0. The molecule has 4 aliphatic heterocycles. The van der Waals surface area contributed by atoms with E-state index in [2.05, 4.69) is 106 Å². The van der Waals surface area contributed by atoms with Gasteiger partial charge >= 0.3 is 0 Å². The number of benzene rings is 1. The summed E-state index contributed by atoms with van der Waals surface area (Å²) in [7, 11) is 8.70. The Balaban J connectivity index is 1.83. The molecule has 0 aliphatic carbocycles. The van der Waals surface area contributed by atoms with Crippen molar-refractivity contribution in [2.24, 2.45) is 40.5 Å². The van der Waals surface area contributed by atoms with Crippen LogP contribution in [0.5, 0.6) is 0 Å². The smallest absolute Gasteiger partial charge is 0.246 e. The number of nitrogens with two attached hydrogens (primary N) is 5. The number of carbonyl (C=O) groups excluding carboxylic acids is 18. The third-order valence-electron chi connectivity index (χ3n) is 21.9. The van der Waals surface area contributed by atoms with Crippen molar-refractivity contribution in [2.45, 2.75) is 202 Å². The van der Waals surface area contributed by atoms with Gasteiger partial charge in [-0.3, -0.25) is 113 Å². The minimum atomic E-state index is -1.78. The monoisotopic (exact) mass is 2040 g/mol. The van der Waals surface area contributed by atoms with Crippen LogP contribution in [0.3, 0.4) is 0 Å². The topological polar surface area (TPSA) is 807 Å². The lowest BCUT2D eigenvalue weighted by atomic mass is 9.97. The van der Waals surface area contributed by atoms with E-state index in [4.69, 9.17) is 55.7 Å². The zero-order valence-electron chi connectivity index (χ0n) is 77.6. The van der Waals surface area contributed by atoms with Crippen LogP contribution >= 0.6 is 64.8 Å². The number of amides is 18. The molecule has 51 nitrogen and oxygen atoms in total. The summed E-state index contributed by atoms with van der Waals surface area (Å²) in [6.07, 6.45) is -1.19. The van der Waals surface area contributed by atoms with E-state index in [0.717, 1.165) is 79.5 Å². The Morgan fingerprint density at radius 3 is 1.11 bits per heavy atom. The van der Waals surface area contributed by atoms with E-state index in [9.17, 15) is 33.6 Å². The normalized spacial score (nSPS) is 25.8. The van der Waals surface area contributed by atoms with Gasteiger partial charge in [-0.25, -0.2) is 0 Å². The maximum absolute atomic E-state index is 15.7. The van der Waals surface area contributed by atoms with Crippen molar-refractivity contribution < 1.29 is 86.3 Å². The van der Waals surface area contributed by atoms with Crippen molar-refractivity contribution >= 4 is 201 Å². The van der Waals surface area contributed by atoms with Gasteiger partial charge in [-0.1, -0.05) is 129 Å². The molecule has 4 fully saturated rings. The average Bonchev–Trinajstić information content (AvgIpc) is 0.804. The van der Waals surface area contributed by atoms with Gasteiger partial charge in [-0.05, 0) is 88.5 Å². The van der Waals surface area contributed by atoms with Crippen LogP contribution in [0.2, 0.25) is 0 Å². The Bertz CT molecular complexity index is 4420. The maximum Gasteiger partial charge on any atom is 0.246 e. The summed E-state index contributed by atoms with van der Waals surface area (Å²) in [5, 5.41) is 91.8. The molecule has 57 heteroatoms. The first-order chi connectivity index (χ1) is 64.9. The number of guanidine groups is 5. The lowest BCUT2D eigenvalue weighted by Gasteiger charge is -2.32. The summed E-state index contributed by atoms with van der Waals surface area (Å²) in [6, 6.07) is -16.0. The number of nitrogens with zero attached hydrogens (tertiary/aromatic N) is 3. The highest BCUT2D eigenvalue weighted by Crippen LogP contribution is 2.29. The molecule has 0 aromatic heterocycles. The van der Waals surface area contributed by atoms with Gasteiger partial charge in [-0.15, -0.1) is 0 Å². The van der Waals surface area contributed by atoms with Crippen LogP contribution < -0.4 is 135 Å². The first-order valence-corrected chi connectivity index (χ1v) is 51.8. The molecule has 1 aromatic rings. The zero-order chi connectivity index (χ0) is 102. The molecule has 0 spiro atoms. The standard InChI is InChI=1S/C80H133N33O18S6/c1-9-41(4)60-73(129)108-53-38-136-134-35-50(105-71(127)55(30-43-18-11-10-12-19-43)113(8)58(116)32-97-62(118)44(20-13-25-91-76(81)82)98-57(115)33-111(6)74(53)130)68(124)102-48(24-17-29-95-80(89)90)66(122)107-54-39-137-135-37-52(70(126)110-60)104-65(121)47(23-16-28-94-79(87)88)101-69(125)51-36-133-132-34-49(103-61(117)42(5)112(7)75(54)131)67(123)100-46(22-15-27-93-78(85)86)64(120)99-45(21-14-26-92-77(83)84)63(119)96-31-56(114)109-59(40(2)3)72(128)106-51/h10-12,18-19,40-42,44-55,59-60H,9,13-17,20-39H2,1-8H3,(H,96,119)(H,97,118)(H,98,115)(H,99,120)(H,100,123)(H,101,125)(H,102,124)(H,103,117)(H,104,121)(H,105,127)(H,106,128)(H,107,122)(H,108,129)(H,109,114)(H,110,126)(H4,81,82,91)(H4,83,84,92)(H4,85,86,93)(H4,87,88,94)(H4,89,90,95)/t41-,42-,44-,45-,46-,47-,48-,49+,50-,51+,52-,53-,54-,55+,59-,60-/m0/s1. The van der Waals surface area contributed by atoms with Crippen molar-refractivity contribution in [3.05, 3.63) is 35.9 Å². The molecule has 18 amide bonds. The summed E-state index contributed by atoms with van der Waals surface area (Å²) in [5.74, 6) is -24.5. The fourth-order valence-electron chi connectivity index (χ4n) is 13.7. The summed E-state index contributed by atoms with van der Waals surface area (Å²) in [4.78, 5) is 273. The van der Waals surface area contributed by atoms with Gasteiger partial charge in [-0.2, -0.15) is 0 Å². The van der Waals surface area contributed by atoms with Crippen LogP contribution in [-0.2, 0) is 92.7 Å². The van der Waals surface area contributed by atoms with E-state index in [1.54, 1.807) is 58.0 Å². The number of hydrogen-bond donors (Lipinski definition) is 30. The van der Waals surface area contributed by atoms with Gasteiger partial charge in [0.1, 0.15) is 90.6 Å². The molecule has 4 saturated heterocycles. The van der Waals surface area contributed by atoms with Gasteiger partial charge in [0.25, 0.3) is 0 Å². The van der Waals surface area contributed by atoms with Crippen molar-refractivity contribution in [2.75, 3.05) is 108 Å². The van der Waals surface area contributed by atoms with Crippen LogP contribution in [-0.4, -0.2) is 349 Å². The lowest BCUT2D eigenvalue weighted by Crippen LogP contribution is -2.62. The average molecular weight is 2040 g/mol. The second kappa shape index (κ2) is 60.0. The fourth-order valence-corrected chi connectivity index (χ4v) is 20.7. The number of nitrogens with one attached hydrogen (secondary N) is 25. The molecule has 5 rings (SSSR count). The minimum Gasteiger partial charge on any atom is -0.370 e. The Kier molecular flexibility index (Phi) is 50.6. The maximum atomic E-state index is 15.7. The van der Waals surface area contributed by atoms with E-state index in [1.165, 1.54) is 28.1 Å². The summed E-state index contributed by atoms with van der Waals surface area (Å²) in [5.41, 5.74) is 28.5. The van der Waals surface area contributed by atoms with Crippen LogP contribution in [0, 0.1) is 38.9 Å². The third kappa shape index (κ3) is 41.1. The quantitative estimate of drug-likeness (QED) is 0.0187. The molecule has 6 bridgehead atoms. The zero-order valence-corrected chi connectivity index (χ0v) is 82.5. The van der Waals surface area contributed by atoms with E-state index in [-0.39, 0.29) is 110 Å². The van der Waals surface area contributed by atoms with Gasteiger partial charge < -0.3 is 150 Å². The number of hydrogen-bond acceptors (Lipinski definition) is 29. The summed E-state index contributed by atoms with van der Waals surface area (Å²) < 4.78 is 0. The molecule has 35 N–H and O–H groups in total. The van der Waals surface area contributed by atoms with Crippen molar-refractivity contribution in [3.8, 4) is 0 Å². The highest BCUT2D eigenvalue weighted by atomic mass is 33.1. The van der Waals surface area contributed by atoms with Crippen molar-refractivity contribution in [3.63, 3.8) is 0 Å². The first-order valence-electron chi connectivity index (χ1n) is 44.3. The van der Waals surface area contributed by atoms with Gasteiger partial charge in [0.15, 0.2) is 29.8 Å². The van der Waals surface area contributed by atoms with Crippen LogP contribution in [0.15, 0.2) is 30.3 Å². The summed E-state index contributed by atoms with van der Waals surface area (Å²) >= 11 is 0. The molecule has 4 aliphatic rings. The Labute approximate surface area is 817 Å². The Hall–Kier alpha value is -11.9. The number of rotatable bonds is 25. The fraction of sp³-hybridized carbons (Fsp3) is 0.637. The van der Waals surface area contributed by atoms with Gasteiger partial charge in [0, 0.05) is 94.8 Å². The minimum absolute atomic E-state index is 0.0129. The van der Waals surface area contributed by atoms with E-state index in [0.29, 0.717) is 5.56 Å². The van der Waals surface area contributed by atoms with E-state index < -0.39 is 293 Å². The Morgan fingerprint density at radius 1 is 0.372 bits per heavy atom.